The topological polar surface area (TPSA) is 77.8 Å². The summed E-state index contributed by atoms with van der Waals surface area (Å²) >= 11 is 0. The molecule has 0 unspecified atom stereocenters. The molecule has 0 heterocycles. The summed E-state index contributed by atoms with van der Waals surface area (Å²) in [6, 6.07) is 0. The summed E-state index contributed by atoms with van der Waals surface area (Å²) in [5, 5.41) is 0. The van der Waals surface area contributed by atoms with E-state index in [0.717, 1.165) is 0 Å². The number of hydrogen-bond donors (Lipinski definition) is 3. The second kappa shape index (κ2) is 16.1. The lowest BCUT2D eigenvalue weighted by Gasteiger charge is -1.82. The molecule has 0 fully saturated rings. The van der Waals surface area contributed by atoms with Gasteiger partial charge in [-0.25, -0.2) is 4.57 Å². The van der Waals surface area contributed by atoms with Gasteiger partial charge in [0.2, 0.25) is 0 Å². The zero-order valence-corrected chi connectivity index (χ0v) is 3.09. The van der Waals surface area contributed by atoms with E-state index in [2.05, 4.69) is 0 Å². The van der Waals surface area contributed by atoms with Crippen LogP contribution in [0.25, 0.3) is 0 Å². The molecular weight excluding hydrogens is 155 g/mol. The van der Waals surface area contributed by atoms with Crippen molar-refractivity contribution in [3.8, 4) is 0 Å². The molecule has 0 amide bonds. The smallest absolute Gasteiger partial charge is 0.303 e. The summed E-state index contributed by atoms with van der Waals surface area (Å²) in [5.74, 6) is 0. The van der Waals surface area contributed by atoms with Crippen molar-refractivity contribution in [1.82, 2.24) is 0 Å². The van der Waals surface area contributed by atoms with Gasteiger partial charge in [-0.2, -0.15) is 0 Å². The van der Waals surface area contributed by atoms with Gasteiger partial charge in [-0.15, -0.1) is 0 Å². The minimum Gasteiger partial charge on any atom is -0.303 e. The van der Waals surface area contributed by atoms with Gasteiger partial charge in [0.15, 0.2) is 0 Å². The molecule has 72 valence electrons. The van der Waals surface area contributed by atoms with E-state index in [9.17, 15) is 0 Å². The van der Waals surface area contributed by atoms with E-state index in [1.54, 1.807) is 0 Å². The molecule has 0 aliphatic carbocycles. The Kier molecular flexibility index (Phi) is 79.7. The zero-order valence-electron chi connectivity index (χ0n) is 2.20. The summed E-state index contributed by atoms with van der Waals surface area (Å²) in [5.41, 5.74) is 0. The highest BCUT2D eigenvalue weighted by Gasteiger charge is 2.00. The highest BCUT2D eigenvalue weighted by atomic mass is 31.2. The van der Waals surface area contributed by atoms with Crippen molar-refractivity contribution in [1.29, 1.82) is 0 Å². The van der Waals surface area contributed by atoms with Crippen LogP contribution in [0.3, 0.4) is 0 Å². The van der Waals surface area contributed by atoms with Crippen LogP contribution in [0.1, 0.15) is 37.1 Å². The van der Waals surface area contributed by atoms with Crippen LogP contribution in [-0.4, -0.2) is 14.7 Å². The first-order chi connectivity index (χ1) is 2.00. The van der Waals surface area contributed by atoms with E-state index < -0.39 is 7.82 Å². The Morgan fingerprint density at radius 3 is 0.700 bits per heavy atom. The fourth-order valence-electron chi connectivity index (χ4n) is 0. The lowest BCUT2D eigenvalue weighted by molar-refractivity contribution is 0.275. The molecule has 0 aromatic carbocycles. The van der Waals surface area contributed by atoms with Crippen LogP contribution in [0, 0.1) is 0 Å². The predicted molar refractivity (Wildman–Crippen MR) is 47.9 cm³/mol. The summed E-state index contributed by atoms with van der Waals surface area (Å²) in [6.45, 7) is 0. The van der Waals surface area contributed by atoms with Gasteiger partial charge in [-0.05, 0) is 0 Å². The van der Waals surface area contributed by atoms with Crippen molar-refractivity contribution >= 4 is 7.82 Å². The summed E-state index contributed by atoms with van der Waals surface area (Å²) in [7, 11) is -4.64. The van der Waals surface area contributed by atoms with Crippen LogP contribution in [0.4, 0.5) is 0 Å². The molecular formula is C5H23O4P. The van der Waals surface area contributed by atoms with Crippen LogP contribution >= 0.6 is 7.82 Å². The van der Waals surface area contributed by atoms with Crippen molar-refractivity contribution in [3.63, 3.8) is 0 Å². The van der Waals surface area contributed by atoms with Crippen LogP contribution in [0.5, 0.6) is 0 Å². The van der Waals surface area contributed by atoms with E-state index in [0.29, 0.717) is 0 Å². The van der Waals surface area contributed by atoms with E-state index >= 15 is 0 Å². The van der Waals surface area contributed by atoms with E-state index in [1.165, 1.54) is 0 Å². The van der Waals surface area contributed by atoms with Crippen molar-refractivity contribution in [2.24, 2.45) is 0 Å². The van der Waals surface area contributed by atoms with E-state index in [1.807, 2.05) is 0 Å². The van der Waals surface area contributed by atoms with Gasteiger partial charge in [0.1, 0.15) is 0 Å². The number of hydrogen-bond acceptors (Lipinski definition) is 1. The lowest BCUT2D eigenvalue weighted by Crippen LogP contribution is -1.66. The maximum Gasteiger partial charge on any atom is 0.466 e. The van der Waals surface area contributed by atoms with E-state index in [4.69, 9.17) is 19.2 Å². The zero-order chi connectivity index (χ0) is 4.50. The molecule has 0 radical (unpaired) electrons. The Labute approximate surface area is 65.2 Å². The maximum absolute atomic E-state index is 8.88. The third-order valence-corrected chi connectivity index (χ3v) is 0. The van der Waals surface area contributed by atoms with Gasteiger partial charge in [-0.3, -0.25) is 0 Å². The maximum atomic E-state index is 8.88. The Bertz CT molecular complexity index is 59.8. The molecule has 0 aliphatic rings. The van der Waals surface area contributed by atoms with Crippen LogP contribution in [-0.2, 0) is 4.57 Å². The lowest BCUT2D eigenvalue weighted by atomic mass is 12.0. The first-order valence-electron chi connectivity index (χ1n) is 0.783. The number of rotatable bonds is 0. The van der Waals surface area contributed by atoms with Gasteiger partial charge in [-0.1, -0.05) is 37.1 Å². The molecule has 0 aromatic rings. The number of phosphoric acid groups is 1. The summed E-state index contributed by atoms with van der Waals surface area (Å²) < 4.78 is 8.88. The molecule has 0 aliphatic heterocycles. The minimum atomic E-state index is -4.64. The first-order valence-corrected chi connectivity index (χ1v) is 2.35. The molecule has 10 heavy (non-hydrogen) atoms. The molecule has 0 spiro atoms. The average molecular weight is 178 g/mol. The third-order valence-electron chi connectivity index (χ3n) is 0. The second-order valence-corrected chi connectivity index (χ2v) is 1.54. The fraction of sp³-hybridized carbons (Fsp3) is 1.00. The molecule has 3 N–H and O–H groups in total. The Balaban J connectivity index is -0.00000000800. The SMILES string of the molecule is C.C.C.C.C.O=P(O)(O)O. The van der Waals surface area contributed by atoms with E-state index in [-0.39, 0.29) is 37.1 Å². The summed E-state index contributed by atoms with van der Waals surface area (Å²) in [6.07, 6.45) is 0. The second-order valence-electron chi connectivity index (χ2n) is 0.513. The molecule has 0 saturated heterocycles. The summed E-state index contributed by atoms with van der Waals surface area (Å²) in [4.78, 5) is 21.6. The van der Waals surface area contributed by atoms with Crippen LogP contribution < -0.4 is 0 Å². The van der Waals surface area contributed by atoms with Gasteiger partial charge >= 0.3 is 7.82 Å². The van der Waals surface area contributed by atoms with Crippen molar-refractivity contribution in [2.45, 2.75) is 37.1 Å². The van der Waals surface area contributed by atoms with Crippen molar-refractivity contribution in [2.75, 3.05) is 0 Å². The predicted octanol–water partition coefficient (Wildman–Crippen LogP) is 2.25. The fourth-order valence-corrected chi connectivity index (χ4v) is 0. The minimum absolute atomic E-state index is 0. The normalized spacial score (nSPS) is 5.90. The van der Waals surface area contributed by atoms with Crippen LogP contribution in [0.2, 0.25) is 0 Å². The molecule has 0 bridgehead atoms. The van der Waals surface area contributed by atoms with Gasteiger partial charge < -0.3 is 14.7 Å². The highest BCUT2D eigenvalue weighted by molar-refractivity contribution is 7.45. The molecule has 0 aromatic heterocycles. The Hall–Kier alpha value is 0.110. The van der Waals surface area contributed by atoms with Crippen molar-refractivity contribution in [3.05, 3.63) is 0 Å². The monoisotopic (exact) mass is 178 g/mol. The molecule has 5 heteroatoms. The van der Waals surface area contributed by atoms with Crippen LogP contribution in [0.15, 0.2) is 0 Å². The average Bonchev–Trinajstić information content (AvgIpc) is 0.722. The van der Waals surface area contributed by atoms with Crippen molar-refractivity contribution < 1.29 is 19.2 Å². The largest absolute Gasteiger partial charge is 0.466 e. The Morgan fingerprint density at radius 2 is 0.700 bits per heavy atom. The van der Waals surface area contributed by atoms with Gasteiger partial charge in [0.25, 0.3) is 0 Å². The first kappa shape index (κ1) is 49.7. The Morgan fingerprint density at radius 1 is 0.700 bits per heavy atom. The molecule has 0 rings (SSSR count). The molecule has 4 nitrogen and oxygen atoms in total. The van der Waals surface area contributed by atoms with Gasteiger partial charge in [0, 0.05) is 0 Å². The quantitative estimate of drug-likeness (QED) is 0.497. The van der Waals surface area contributed by atoms with Gasteiger partial charge in [0.05, 0.1) is 0 Å². The molecule has 0 atom stereocenters. The highest BCUT2D eigenvalue weighted by Crippen LogP contribution is 2.25. The standard InChI is InChI=1S/5CH4.H3O4P/c;;;;;1-5(2,3)4/h5*1H4;(H3,1,2,3,4). The third kappa shape index (κ3) is 33900. The molecule has 0 saturated carbocycles.